The van der Waals surface area contributed by atoms with Gasteiger partial charge in [-0.25, -0.2) is 4.79 Å². The van der Waals surface area contributed by atoms with Gasteiger partial charge in [0.1, 0.15) is 84.3 Å². The monoisotopic (exact) mass is 1450 g/mol. The number of aliphatic hydroxyl groups is 1. The van der Waals surface area contributed by atoms with Crippen LogP contribution in [0, 0.1) is 41.4 Å². The maximum absolute atomic E-state index is 15.0. The number of carbonyl (C=O) groups is 14. The zero-order chi connectivity index (χ0) is 77.9. The summed E-state index contributed by atoms with van der Waals surface area (Å²) < 4.78 is 5.96. The van der Waals surface area contributed by atoms with Crippen LogP contribution in [-0.4, -0.2) is 191 Å². The first kappa shape index (κ1) is 88.7. The number of rotatable bonds is 32. The summed E-state index contributed by atoms with van der Waals surface area (Å²) in [4.78, 5) is 201. The molecule has 0 saturated carbocycles. The molecular weight excluding hydrogens is 1330 g/mol. The summed E-state index contributed by atoms with van der Waals surface area (Å²) in [7, 11) is 0. The van der Waals surface area contributed by atoms with E-state index in [4.69, 9.17) is 10.5 Å². The van der Waals surface area contributed by atoms with Crippen molar-refractivity contribution in [1.82, 2.24) is 68.7 Å². The maximum Gasteiger partial charge on any atom is 0.329 e. The Morgan fingerprint density at radius 2 is 1.20 bits per heavy atom. The lowest BCUT2D eigenvalue weighted by molar-refractivity contribution is -0.157. The Bertz CT molecular complexity index is 3110. The van der Waals surface area contributed by atoms with E-state index in [9.17, 15) is 62.6 Å². The van der Waals surface area contributed by atoms with Gasteiger partial charge >= 0.3 is 5.97 Å². The molecule has 15 N–H and O–H groups in total. The predicted molar refractivity (Wildman–Crippen MR) is 386 cm³/mol. The molecule has 2 fully saturated rings. The van der Waals surface area contributed by atoms with Crippen LogP contribution < -0.4 is 69.5 Å². The van der Waals surface area contributed by atoms with Crippen LogP contribution in [0.25, 0.3) is 0 Å². The highest BCUT2D eigenvalue weighted by Crippen LogP contribution is 2.23. The fraction of sp³-hybridized carbons (Fsp3) is 0.699. The zero-order valence-corrected chi connectivity index (χ0v) is 63.7. The summed E-state index contributed by atoms with van der Waals surface area (Å²) in [6.07, 6.45) is 1.04. The normalized spacial score (nSPS) is 22.7. The van der Waals surface area contributed by atoms with Crippen LogP contribution in [0.5, 0.6) is 0 Å². The molecule has 13 amide bonds. The molecule has 0 spiro atoms. The molecule has 16 atom stereocenters. The number of ether oxygens (including phenoxy) is 1. The van der Waals surface area contributed by atoms with Crippen molar-refractivity contribution in [2.75, 3.05) is 13.1 Å². The molecule has 1 aromatic carbocycles. The molecule has 30 heteroatoms. The number of carbonyl (C=O) groups excluding carboxylic acids is 14. The number of amides is 13. The van der Waals surface area contributed by atoms with E-state index in [1.807, 2.05) is 13.8 Å². The van der Waals surface area contributed by atoms with Crippen LogP contribution in [0.15, 0.2) is 42.1 Å². The number of nitrogens with one attached hydrogen (secondary N) is 12. The number of allylic oxidation sites excluding steroid dienone is 1. The number of benzene rings is 1. The van der Waals surface area contributed by atoms with E-state index in [1.54, 1.807) is 113 Å². The number of aliphatic hydroxyl groups excluding tert-OH is 1. The van der Waals surface area contributed by atoms with Crippen molar-refractivity contribution < 1.29 is 77.0 Å². The number of hydrogen-bond acceptors (Lipinski definition) is 17. The molecule has 0 aliphatic carbocycles. The minimum absolute atomic E-state index is 0.0352. The summed E-state index contributed by atoms with van der Waals surface area (Å²) in [5.74, 6) is -14.7. The summed E-state index contributed by atoms with van der Waals surface area (Å²) >= 11 is 0. The van der Waals surface area contributed by atoms with E-state index in [-0.39, 0.29) is 63.2 Å². The Hall–Kier alpha value is -8.54. The maximum atomic E-state index is 15.0. The van der Waals surface area contributed by atoms with Gasteiger partial charge in [0.25, 0.3) is 5.91 Å². The molecule has 0 unspecified atom stereocenters. The van der Waals surface area contributed by atoms with E-state index >= 15 is 9.59 Å². The van der Waals surface area contributed by atoms with Gasteiger partial charge in [0.15, 0.2) is 0 Å². The minimum Gasteiger partial charge on any atom is -0.458 e. The smallest absolute Gasteiger partial charge is 0.329 e. The second-order valence-electron chi connectivity index (χ2n) is 29.2. The summed E-state index contributed by atoms with van der Waals surface area (Å²) in [6, 6.07) is -7.66. The first-order valence-electron chi connectivity index (χ1n) is 36.6. The number of likely N-dealkylation sites (tertiary alicyclic amines) is 1. The molecule has 0 bridgehead atoms. The van der Waals surface area contributed by atoms with Crippen LogP contribution >= 0.6 is 0 Å². The van der Waals surface area contributed by atoms with Crippen molar-refractivity contribution in [3.63, 3.8) is 0 Å². The molecule has 2 saturated heterocycles. The second kappa shape index (κ2) is 42.9. The fourth-order valence-electron chi connectivity index (χ4n) is 11.8. The van der Waals surface area contributed by atoms with Gasteiger partial charge in [0.2, 0.25) is 70.9 Å². The van der Waals surface area contributed by atoms with Gasteiger partial charge in [0, 0.05) is 19.4 Å². The third-order valence-corrected chi connectivity index (χ3v) is 18.8. The van der Waals surface area contributed by atoms with Gasteiger partial charge in [-0.2, -0.15) is 0 Å². The summed E-state index contributed by atoms with van der Waals surface area (Å²) in [6.45, 7) is 29.7. The summed E-state index contributed by atoms with van der Waals surface area (Å²) in [5.41, 5.74) is 6.33. The first-order chi connectivity index (χ1) is 48.3. The SMILES string of the molecule is C/C=C1\NC(=O)[C@H](Cc2ccccc2)NC(=O)[C@@H](C(C)C)NC(=O)[C@@H]([C@@H](C)CC)NC(=O)[C@H](NC(=O)[C@H](NC(=O)[C@H](CCCN)NC(=O)[C@H]2CCCN2C(=O)[C@H](NC(=O)[C@@H](NC(=O)[C@@H](NC(=O)[C@@H](C)NC(=O)CCCC(C)C)[C@@H](C)O)C(C)C)C(C)C)[C@@H](C)CC)[C@@H](C)OC(=O)[C@H](C(C)C)NC1=O. The average molecular weight is 1450 g/mol. The van der Waals surface area contributed by atoms with Crippen molar-refractivity contribution in [2.45, 2.75) is 274 Å². The standard InChI is InChI=1S/C73H120N14O16/c1-19-42(14)57(69(98)86-60-46(18)103-73(102)56(41(12)13)82-62(91)48(21-3)76-64(93)50(36-47-29-23-22-24-30-47)78-66(95)53(38(6)7)79-68(97)58(43(15)20-2)84-71(60)100)83-63(92)49(31-26-34-74)77-65(94)51-32-27-35-87(51)72(101)55(40(10)11)81-67(96)54(39(8)9)80-70(99)59(45(17)88)85-61(90)44(16)75-52(89)33-25-28-37(4)5/h21-24,29-30,37-46,49-51,53-60,88H,19-20,25-28,31-36,74H2,1-18H3,(H,75,89)(H,76,93)(H,77,94)(H,78,95)(H,79,97)(H,80,99)(H,81,96)(H,82,91)(H,83,92)(H,84,100)(H,85,90)(H,86,98)/b48-21-/t42-,43-,44+,45+,46+,49-,50-,51+,53+,54-,55+,56-,57+,58+,59-,60+/m0/s1. The van der Waals surface area contributed by atoms with Gasteiger partial charge in [-0.1, -0.05) is 153 Å². The fourth-order valence-corrected chi connectivity index (χ4v) is 11.8. The number of cyclic esters (lactones) is 1. The van der Waals surface area contributed by atoms with Crippen molar-refractivity contribution in [3.05, 3.63) is 47.7 Å². The van der Waals surface area contributed by atoms with E-state index in [0.717, 1.165) is 6.42 Å². The number of nitrogens with zero attached hydrogens (tertiary/aromatic N) is 1. The summed E-state index contributed by atoms with van der Waals surface area (Å²) in [5, 5.41) is 42.7. The van der Waals surface area contributed by atoms with Crippen molar-refractivity contribution in [3.8, 4) is 0 Å². The molecular formula is C73H120N14O16. The topological polar surface area (TPSA) is 442 Å². The van der Waals surface area contributed by atoms with Gasteiger partial charge in [-0.15, -0.1) is 0 Å². The van der Waals surface area contributed by atoms with Crippen molar-refractivity contribution in [2.24, 2.45) is 47.2 Å². The first-order valence-corrected chi connectivity index (χ1v) is 36.6. The third kappa shape index (κ3) is 27.2. The van der Waals surface area contributed by atoms with E-state index in [0.29, 0.717) is 30.7 Å². The Kier molecular flexibility index (Phi) is 36.9. The van der Waals surface area contributed by atoms with Crippen molar-refractivity contribution in [1.29, 1.82) is 0 Å². The molecule has 2 heterocycles. The van der Waals surface area contributed by atoms with E-state index < -0.39 is 197 Å². The molecule has 0 radical (unpaired) electrons. The van der Waals surface area contributed by atoms with Gasteiger partial charge in [-0.3, -0.25) is 62.3 Å². The molecule has 0 aromatic heterocycles. The van der Waals surface area contributed by atoms with Gasteiger partial charge in [0.05, 0.1) is 6.10 Å². The molecule has 3 rings (SSSR count). The zero-order valence-electron chi connectivity index (χ0n) is 63.7. The van der Waals surface area contributed by atoms with Crippen LogP contribution in [0.1, 0.15) is 188 Å². The number of nitrogens with two attached hydrogens (primary N) is 1. The van der Waals surface area contributed by atoms with Crippen LogP contribution in [0.3, 0.4) is 0 Å². The Balaban J connectivity index is 1.99. The van der Waals surface area contributed by atoms with Crippen molar-refractivity contribution >= 4 is 82.8 Å². The Labute approximate surface area is 607 Å². The third-order valence-electron chi connectivity index (χ3n) is 18.8. The van der Waals surface area contributed by atoms with Crippen LogP contribution in [0.2, 0.25) is 0 Å². The van der Waals surface area contributed by atoms with Gasteiger partial charge < -0.3 is 84.3 Å². The second-order valence-corrected chi connectivity index (χ2v) is 29.2. The van der Waals surface area contributed by atoms with E-state index in [2.05, 4.69) is 63.8 Å². The average Bonchev–Trinajstić information content (AvgIpc) is 1.77. The lowest BCUT2D eigenvalue weighted by atomic mass is 9.95. The van der Waals surface area contributed by atoms with E-state index in [1.165, 1.54) is 38.7 Å². The molecule has 103 heavy (non-hydrogen) atoms. The highest BCUT2D eigenvalue weighted by atomic mass is 16.5. The Morgan fingerprint density at radius 3 is 1.76 bits per heavy atom. The lowest BCUT2D eigenvalue weighted by Gasteiger charge is -2.33. The number of esters is 1. The largest absolute Gasteiger partial charge is 0.458 e. The quantitative estimate of drug-likeness (QED) is 0.0356. The Morgan fingerprint density at radius 1 is 0.631 bits per heavy atom. The molecule has 578 valence electrons. The predicted octanol–water partition coefficient (Wildman–Crippen LogP) is 1.20. The minimum atomic E-state index is -1.83. The van der Waals surface area contributed by atoms with Crippen LogP contribution in [-0.2, 0) is 78.3 Å². The highest BCUT2D eigenvalue weighted by molar-refractivity contribution is 6.03. The molecule has 2 aliphatic heterocycles. The molecule has 1 aromatic rings. The van der Waals surface area contributed by atoms with Crippen LogP contribution in [0.4, 0.5) is 0 Å². The molecule has 2 aliphatic rings. The number of hydrogen-bond donors (Lipinski definition) is 14. The molecule has 30 nitrogen and oxygen atoms in total. The highest BCUT2D eigenvalue weighted by Gasteiger charge is 2.44. The van der Waals surface area contributed by atoms with Gasteiger partial charge in [-0.05, 0) is 113 Å². The lowest BCUT2D eigenvalue weighted by Crippen LogP contribution is -2.64.